The van der Waals surface area contributed by atoms with Crippen LogP contribution in [0.25, 0.3) is 0 Å². The third-order valence-electron chi connectivity index (χ3n) is 4.63. The minimum absolute atomic E-state index is 0.267. The second-order valence-corrected chi connectivity index (χ2v) is 7.25. The van der Waals surface area contributed by atoms with Gasteiger partial charge in [-0.25, -0.2) is 0 Å². The maximum atomic E-state index is 10.5. The highest BCUT2D eigenvalue weighted by Gasteiger charge is 2.24. The van der Waals surface area contributed by atoms with E-state index in [2.05, 4.69) is 44.5 Å². The molecule has 1 atom stereocenters. The van der Waals surface area contributed by atoms with Gasteiger partial charge in [-0.3, -0.25) is 4.79 Å². The molecule has 0 aromatic heterocycles. The maximum absolute atomic E-state index is 10.5. The Hall–Kier alpha value is -0.830. The van der Waals surface area contributed by atoms with Gasteiger partial charge in [-0.2, -0.15) is 0 Å². The molecule has 1 amide bonds. The first-order valence-corrected chi connectivity index (χ1v) is 9.57. The number of hydrogen-bond acceptors (Lipinski definition) is 2. The number of carbonyl (C=O) groups excluding carboxylic acids is 1. The molecule has 0 spiro atoms. The van der Waals surface area contributed by atoms with Gasteiger partial charge in [0.25, 0.3) is 0 Å². The fourth-order valence-electron chi connectivity index (χ4n) is 3.31. The smallest absolute Gasteiger partial charge is 0.207 e. The van der Waals surface area contributed by atoms with Crippen LogP contribution in [-0.4, -0.2) is 37.5 Å². The summed E-state index contributed by atoms with van der Waals surface area (Å²) < 4.78 is 0. The molecular formula is C20H40N2O. The van der Waals surface area contributed by atoms with E-state index in [1.165, 1.54) is 50.8 Å². The first-order valence-electron chi connectivity index (χ1n) is 9.57. The van der Waals surface area contributed by atoms with Gasteiger partial charge in [0.1, 0.15) is 0 Å². The molecule has 0 aliphatic carbocycles. The summed E-state index contributed by atoms with van der Waals surface area (Å²) in [7, 11) is 0. The van der Waals surface area contributed by atoms with Crippen molar-refractivity contribution in [2.24, 2.45) is 5.41 Å². The van der Waals surface area contributed by atoms with E-state index in [1.807, 2.05) is 0 Å². The zero-order chi connectivity index (χ0) is 17.6. The summed E-state index contributed by atoms with van der Waals surface area (Å²) in [5, 5.41) is 2.82. The lowest BCUT2D eigenvalue weighted by Crippen LogP contribution is -2.28. The van der Waals surface area contributed by atoms with E-state index in [-0.39, 0.29) is 5.41 Å². The SMILES string of the molecule is C=C(CCN(CCC)CCC)CC(C)(CCCC)CCNC=O. The summed E-state index contributed by atoms with van der Waals surface area (Å²) in [5.74, 6) is 0. The quantitative estimate of drug-likeness (QED) is 0.252. The van der Waals surface area contributed by atoms with Crippen LogP contribution in [0.3, 0.4) is 0 Å². The molecule has 1 N–H and O–H groups in total. The molecule has 0 aromatic rings. The number of nitrogens with zero attached hydrogens (tertiary/aromatic N) is 1. The minimum atomic E-state index is 0.267. The van der Waals surface area contributed by atoms with Crippen LogP contribution in [0.1, 0.15) is 79.1 Å². The number of nitrogens with one attached hydrogen (secondary N) is 1. The molecule has 0 radical (unpaired) electrons. The maximum Gasteiger partial charge on any atom is 0.207 e. The van der Waals surface area contributed by atoms with Crippen molar-refractivity contribution < 1.29 is 4.79 Å². The van der Waals surface area contributed by atoms with E-state index in [0.717, 1.165) is 38.8 Å². The second-order valence-electron chi connectivity index (χ2n) is 7.25. The lowest BCUT2D eigenvalue weighted by Gasteiger charge is -2.31. The molecule has 0 bridgehead atoms. The van der Waals surface area contributed by atoms with Gasteiger partial charge in [-0.1, -0.05) is 52.7 Å². The highest BCUT2D eigenvalue weighted by Crippen LogP contribution is 2.35. The van der Waals surface area contributed by atoms with Crippen molar-refractivity contribution in [2.45, 2.75) is 79.1 Å². The van der Waals surface area contributed by atoms with Gasteiger partial charge in [-0.05, 0) is 57.0 Å². The zero-order valence-electron chi connectivity index (χ0n) is 16.1. The van der Waals surface area contributed by atoms with Gasteiger partial charge in [0, 0.05) is 13.1 Å². The minimum Gasteiger partial charge on any atom is -0.359 e. The highest BCUT2D eigenvalue weighted by molar-refractivity contribution is 5.45. The Labute approximate surface area is 144 Å². The molecule has 0 aliphatic heterocycles. The zero-order valence-corrected chi connectivity index (χ0v) is 16.1. The molecule has 0 aromatic carbocycles. The Bertz CT molecular complexity index is 311. The summed E-state index contributed by atoms with van der Waals surface area (Å²) in [6.45, 7) is 17.7. The first kappa shape index (κ1) is 22.2. The fourth-order valence-corrected chi connectivity index (χ4v) is 3.31. The Kier molecular flexibility index (Phi) is 13.1. The van der Waals surface area contributed by atoms with Crippen LogP contribution in [0.4, 0.5) is 0 Å². The molecule has 0 saturated heterocycles. The van der Waals surface area contributed by atoms with Crippen molar-refractivity contribution in [2.75, 3.05) is 26.2 Å². The summed E-state index contributed by atoms with van der Waals surface area (Å²) in [6, 6.07) is 0. The summed E-state index contributed by atoms with van der Waals surface area (Å²) in [5.41, 5.74) is 1.63. The van der Waals surface area contributed by atoms with Gasteiger partial charge >= 0.3 is 0 Å². The molecule has 3 heteroatoms. The highest BCUT2D eigenvalue weighted by atomic mass is 16.1. The first-order chi connectivity index (χ1) is 11.0. The molecule has 23 heavy (non-hydrogen) atoms. The van der Waals surface area contributed by atoms with E-state index in [1.54, 1.807) is 0 Å². The Morgan fingerprint density at radius 1 is 1.09 bits per heavy atom. The number of amides is 1. The van der Waals surface area contributed by atoms with Crippen molar-refractivity contribution in [1.29, 1.82) is 0 Å². The third-order valence-corrected chi connectivity index (χ3v) is 4.63. The van der Waals surface area contributed by atoms with Crippen LogP contribution in [-0.2, 0) is 4.79 Å². The van der Waals surface area contributed by atoms with Crippen molar-refractivity contribution in [3.8, 4) is 0 Å². The topological polar surface area (TPSA) is 32.3 Å². The van der Waals surface area contributed by atoms with Crippen LogP contribution in [0.15, 0.2) is 12.2 Å². The predicted molar refractivity (Wildman–Crippen MR) is 102 cm³/mol. The average Bonchev–Trinajstić information content (AvgIpc) is 2.51. The van der Waals surface area contributed by atoms with Crippen LogP contribution in [0.5, 0.6) is 0 Å². The van der Waals surface area contributed by atoms with Crippen molar-refractivity contribution >= 4 is 6.41 Å². The molecule has 0 saturated carbocycles. The van der Waals surface area contributed by atoms with Gasteiger partial charge in [0.2, 0.25) is 6.41 Å². The summed E-state index contributed by atoms with van der Waals surface area (Å²) in [6.07, 6.45) is 10.2. The monoisotopic (exact) mass is 324 g/mol. The molecular weight excluding hydrogens is 284 g/mol. The third kappa shape index (κ3) is 11.4. The molecule has 0 fully saturated rings. The van der Waals surface area contributed by atoms with E-state index in [0.29, 0.717) is 0 Å². The molecule has 0 heterocycles. The van der Waals surface area contributed by atoms with Crippen LogP contribution in [0.2, 0.25) is 0 Å². The molecule has 3 nitrogen and oxygen atoms in total. The summed E-state index contributed by atoms with van der Waals surface area (Å²) in [4.78, 5) is 13.1. The lowest BCUT2D eigenvalue weighted by atomic mass is 9.76. The van der Waals surface area contributed by atoms with Crippen LogP contribution in [0, 0.1) is 5.41 Å². The van der Waals surface area contributed by atoms with E-state index in [9.17, 15) is 4.79 Å². The largest absolute Gasteiger partial charge is 0.359 e. The van der Waals surface area contributed by atoms with E-state index in [4.69, 9.17) is 0 Å². The van der Waals surface area contributed by atoms with E-state index < -0.39 is 0 Å². The summed E-state index contributed by atoms with van der Waals surface area (Å²) >= 11 is 0. The predicted octanol–water partition coefficient (Wildman–Crippen LogP) is 4.78. The molecule has 136 valence electrons. The number of carbonyl (C=O) groups is 1. The second kappa shape index (κ2) is 13.6. The molecule has 1 unspecified atom stereocenters. The standard InChI is InChI=1S/C20H40N2O/c1-6-9-11-20(5,12-13-21-18-23)17-19(4)10-16-22(14-7-2)15-8-3/h18H,4,6-17H2,1-3,5H3,(H,21,23). The lowest BCUT2D eigenvalue weighted by molar-refractivity contribution is -0.109. The van der Waals surface area contributed by atoms with E-state index >= 15 is 0 Å². The van der Waals surface area contributed by atoms with Gasteiger partial charge in [0.15, 0.2) is 0 Å². The van der Waals surface area contributed by atoms with Gasteiger partial charge < -0.3 is 10.2 Å². The Morgan fingerprint density at radius 3 is 2.26 bits per heavy atom. The Morgan fingerprint density at radius 2 is 1.74 bits per heavy atom. The van der Waals surface area contributed by atoms with Gasteiger partial charge in [-0.15, -0.1) is 0 Å². The van der Waals surface area contributed by atoms with Crippen molar-refractivity contribution in [1.82, 2.24) is 10.2 Å². The molecule has 0 rings (SSSR count). The van der Waals surface area contributed by atoms with Gasteiger partial charge in [0.05, 0.1) is 0 Å². The number of hydrogen-bond donors (Lipinski definition) is 1. The number of rotatable bonds is 16. The number of unbranched alkanes of at least 4 members (excludes halogenated alkanes) is 1. The van der Waals surface area contributed by atoms with Crippen LogP contribution >= 0.6 is 0 Å². The average molecular weight is 325 g/mol. The van der Waals surface area contributed by atoms with Crippen LogP contribution < -0.4 is 5.32 Å². The normalized spacial score (nSPS) is 13.8. The van der Waals surface area contributed by atoms with Crippen molar-refractivity contribution in [3.05, 3.63) is 12.2 Å². The molecule has 0 aliphatic rings. The Balaban J connectivity index is 4.41. The van der Waals surface area contributed by atoms with Crippen molar-refractivity contribution in [3.63, 3.8) is 0 Å². The fraction of sp³-hybridized carbons (Fsp3) is 0.850.